The first-order valence-electron chi connectivity index (χ1n) is 12.8. The average molecular weight is 495 g/mol. The second-order valence-corrected chi connectivity index (χ2v) is 9.64. The molecule has 0 aromatic carbocycles. The lowest BCUT2D eigenvalue weighted by molar-refractivity contribution is -0.140. The van der Waals surface area contributed by atoms with Crippen molar-refractivity contribution in [1.29, 1.82) is 0 Å². The van der Waals surface area contributed by atoms with Crippen molar-refractivity contribution in [1.82, 2.24) is 10.6 Å². The molecule has 3 fully saturated rings. The maximum Gasteiger partial charge on any atom is 0.224 e. The number of nitrogens with two attached hydrogens (primary N) is 4. The molecule has 3 aliphatic rings. The molecule has 2 bridgehead atoms. The van der Waals surface area contributed by atoms with Crippen LogP contribution in [0, 0.1) is 23.7 Å². The molecule has 0 radical (unpaired) electrons. The van der Waals surface area contributed by atoms with Gasteiger partial charge in [0.2, 0.25) is 11.8 Å². The number of carbonyl (C=O) groups excluding carboxylic acids is 2. The summed E-state index contributed by atoms with van der Waals surface area (Å²) < 4.78 is 12.6. The van der Waals surface area contributed by atoms with Crippen LogP contribution in [0.5, 0.6) is 0 Å². The minimum atomic E-state index is -0.504. The number of nitrogens with one attached hydrogen (secondary N) is 2. The molecule has 2 aliphatic carbocycles. The van der Waals surface area contributed by atoms with Crippen LogP contribution >= 0.6 is 0 Å². The number of carbonyl (C=O) groups is 2. The Morgan fingerprint density at radius 1 is 0.800 bits per heavy atom. The van der Waals surface area contributed by atoms with Crippen molar-refractivity contribution >= 4 is 23.7 Å². The number of aliphatic imine (C=N–C) groups is 2. The quantitative estimate of drug-likeness (QED) is 0.101. The lowest BCUT2D eigenvalue weighted by Crippen LogP contribution is -2.52. The first kappa shape index (κ1) is 27.0. The highest BCUT2D eigenvalue weighted by molar-refractivity contribution is 5.89. The van der Waals surface area contributed by atoms with E-state index in [2.05, 4.69) is 27.5 Å². The molecule has 3 rings (SSSR count). The van der Waals surface area contributed by atoms with Gasteiger partial charge in [0.05, 0.1) is 37.1 Å². The summed E-state index contributed by atoms with van der Waals surface area (Å²) in [5.74, 6) is -1.59. The van der Waals surface area contributed by atoms with Gasteiger partial charge in [0.25, 0.3) is 0 Å². The highest BCUT2D eigenvalue weighted by Gasteiger charge is 2.66. The van der Waals surface area contributed by atoms with Crippen molar-refractivity contribution in [3.63, 3.8) is 0 Å². The Balaban J connectivity index is 1.63. The smallest absolute Gasteiger partial charge is 0.224 e. The van der Waals surface area contributed by atoms with Gasteiger partial charge >= 0.3 is 0 Å². The Hall–Kier alpha value is -2.60. The Morgan fingerprint density at radius 3 is 1.74 bits per heavy atom. The maximum absolute atomic E-state index is 13.2. The van der Waals surface area contributed by atoms with Crippen LogP contribution < -0.4 is 33.6 Å². The highest BCUT2D eigenvalue weighted by Crippen LogP contribution is 2.57. The second kappa shape index (κ2) is 12.9. The van der Waals surface area contributed by atoms with Gasteiger partial charge < -0.3 is 43.0 Å². The van der Waals surface area contributed by atoms with Gasteiger partial charge in [0.1, 0.15) is 0 Å². The van der Waals surface area contributed by atoms with Crippen LogP contribution in [0.25, 0.3) is 0 Å². The fraction of sp³-hybridized carbons (Fsp3) is 0.826. The van der Waals surface area contributed by atoms with Crippen molar-refractivity contribution in [3.05, 3.63) is 0 Å². The minimum Gasteiger partial charge on any atom is -0.370 e. The Kier molecular flexibility index (Phi) is 9.96. The van der Waals surface area contributed by atoms with E-state index >= 15 is 0 Å². The normalized spacial score (nSPS) is 30.5. The van der Waals surface area contributed by atoms with Crippen LogP contribution in [0.4, 0.5) is 0 Å². The molecule has 2 saturated carbocycles. The Bertz CT molecular complexity index is 727. The molecule has 1 saturated heterocycles. The summed E-state index contributed by atoms with van der Waals surface area (Å²) >= 11 is 0. The molecule has 0 aromatic heterocycles. The van der Waals surface area contributed by atoms with Gasteiger partial charge in [-0.25, -0.2) is 0 Å². The van der Waals surface area contributed by atoms with E-state index in [1.807, 2.05) is 0 Å². The molecule has 12 heteroatoms. The van der Waals surface area contributed by atoms with E-state index < -0.39 is 11.8 Å². The number of hydrogen-bond acceptors (Lipinski definition) is 6. The molecule has 0 spiro atoms. The summed E-state index contributed by atoms with van der Waals surface area (Å²) in [5, 5.41) is 5.78. The van der Waals surface area contributed by atoms with Crippen LogP contribution in [-0.4, -0.2) is 68.4 Å². The van der Waals surface area contributed by atoms with Gasteiger partial charge in [-0.15, -0.1) is 0 Å². The zero-order valence-electron chi connectivity index (χ0n) is 20.7. The summed E-state index contributed by atoms with van der Waals surface area (Å²) in [7, 11) is 0. The Morgan fingerprint density at radius 2 is 1.29 bits per heavy atom. The van der Waals surface area contributed by atoms with E-state index in [0.29, 0.717) is 0 Å². The summed E-state index contributed by atoms with van der Waals surface area (Å²) in [5.41, 5.74) is 21.4. The van der Waals surface area contributed by atoms with Crippen molar-refractivity contribution < 1.29 is 19.1 Å². The summed E-state index contributed by atoms with van der Waals surface area (Å²) in [6.07, 6.45) is 6.80. The molecule has 10 N–H and O–H groups in total. The van der Waals surface area contributed by atoms with Gasteiger partial charge in [-0.3, -0.25) is 19.6 Å². The van der Waals surface area contributed by atoms with Gasteiger partial charge in [-0.05, 0) is 19.3 Å². The van der Waals surface area contributed by atoms with E-state index in [-0.39, 0.29) is 80.2 Å². The summed E-state index contributed by atoms with van der Waals surface area (Å²) in [4.78, 5) is 34.2. The van der Waals surface area contributed by atoms with E-state index in [0.717, 1.165) is 25.7 Å². The van der Waals surface area contributed by atoms with Gasteiger partial charge in [-0.1, -0.05) is 32.6 Å². The largest absolute Gasteiger partial charge is 0.370 e. The average Bonchev–Trinajstić information content (AvgIpc) is 3.49. The molecule has 35 heavy (non-hydrogen) atoms. The number of nitrogens with zero attached hydrogens (tertiary/aromatic N) is 2. The first-order valence-corrected chi connectivity index (χ1v) is 12.8. The highest BCUT2D eigenvalue weighted by atomic mass is 16.7. The second-order valence-electron chi connectivity index (χ2n) is 9.64. The van der Waals surface area contributed by atoms with Crippen LogP contribution in [0.1, 0.15) is 51.9 Å². The van der Waals surface area contributed by atoms with Gasteiger partial charge in [0.15, 0.2) is 18.2 Å². The van der Waals surface area contributed by atoms with E-state index in [1.54, 1.807) is 0 Å². The predicted molar refractivity (Wildman–Crippen MR) is 133 cm³/mol. The van der Waals surface area contributed by atoms with Crippen molar-refractivity contribution in [2.24, 2.45) is 56.6 Å². The monoisotopic (exact) mass is 494 g/mol. The number of guanidine groups is 2. The van der Waals surface area contributed by atoms with E-state index in [9.17, 15) is 9.59 Å². The lowest BCUT2D eigenvalue weighted by Gasteiger charge is -2.34. The summed E-state index contributed by atoms with van der Waals surface area (Å²) in [6.45, 7) is 3.32. The molecule has 12 nitrogen and oxygen atoms in total. The SMILES string of the molecule is CCCCCCCC1O[C@@H]2[C@@H]3C[C@H]([C@@H]2O1)[C@@H](C(=O)NCCN=C(N)N)[C@@H]3C(=O)NCCN=C(N)N. The molecule has 7 atom stereocenters. The third-order valence-corrected chi connectivity index (χ3v) is 7.20. The van der Waals surface area contributed by atoms with Crippen molar-refractivity contribution in [2.45, 2.75) is 70.4 Å². The maximum atomic E-state index is 13.2. The van der Waals surface area contributed by atoms with Gasteiger partial charge in [-0.2, -0.15) is 0 Å². The van der Waals surface area contributed by atoms with Crippen LogP contribution in [0.3, 0.4) is 0 Å². The molecular weight excluding hydrogens is 452 g/mol. The van der Waals surface area contributed by atoms with Crippen molar-refractivity contribution in [2.75, 3.05) is 26.2 Å². The van der Waals surface area contributed by atoms with Crippen molar-refractivity contribution in [3.8, 4) is 0 Å². The predicted octanol–water partition coefficient (Wildman–Crippen LogP) is -0.882. The molecule has 1 unspecified atom stereocenters. The first-order chi connectivity index (χ1) is 16.8. The Labute approximate surface area is 207 Å². The number of unbranched alkanes of at least 4 members (excludes halogenated alkanes) is 4. The molecule has 2 amide bonds. The zero-order chi connectivity index (χ0) is 25.4. The fourth-order valence-electron chi connectivity index (χ4n) is 5.77. The lowest BCUT2D eigenvalue weighted by atomic mass is 9.75. The van der Waals surface area contributed by atoms with E-state index in [1.165, 1.54) is 19.3 Å². The number of amides is 2. The number of hydrogen-bond donors (Lipinski definition) is 6. The number of fused-ring (bicyclic) bond motifs is 5. The van der Waals surface area contributed by atoms with Gasteiger partial charge in [0, 0.05) is 24.9 Å². The number of rotatable bonds is 14. The zero-order valence-corrected chi connectivity index (χ0v) is 20.7. The molecule has 1 aliphatic heterocycles. The topological polar surface area (TPSA) is 205 Å². The minimum absolute atomic E-state index is 0.0303. The molecular formula is C23H42N8O4. The van der Waals surface area contributed by atoms with Crippen LogP contribution in [-0.2, 0) is 19.1 Å². The van der Waals surface area contributed by atoms with E-state index in [4.69, 9.17) is 32.4 Å². The molecule has 1 heterocycles. The third-order valence-electron chi connectivity index (χ3n) is 7.20. The van der Waals surface area contributed by atoms with Crippen LogP contribution in [0.15, 0.2) is 9.98 Å². The molecule has 0 aromatic rings. The molecule has 198 valence electrons. The fourth-order valence-corrected chi connectivity index (χ4v) is 5.77. The third kappa shape index (κ3) is 6.97. The van der Waals surface area contributed by atoms with Crippen LogP contribution in [0.2, 0.25) is 0 Å². The standard InChI is InChI=1S/C23H42N8O4/c1-2-3-4-5-6-7-15-34-18-13-12-14(19(18)35-15)17(21(33)29-9-11-31-23(26)27)16(13)20(32)28-8-10-30-22(24)25/h13-19H,2-12H2,1H3,(H,28,32)(H,29,33)(H4,24,25,30)(H4,26,27,31)/t13-,14+,15?,16-,17-,18-,19+/m1/s1. The number of ether oxygens (including phenoxy) is 2. The summed E-state index contributed by atoms with van der Waals surface area (Å²) in [6, 6.07) is 0.